The van der Waals surface area contributed by atoms with Gasteiger partial charge in [0.15, 0.2) is 0 Å². The Kier molecular flexibility index (Phi) is 3.64. The van der Waals surface area contributed by atoms with E-state index in [-0.39, 0.29) is 5.91 Å². The van der Waals surface area contributed by atoms with E-state index < -0.39 is 0 Å². The fraction of sp³-hybridized carbons (Fsp3) is 0.583. The molecule has 1 aliphatic rings. The fourth-order valence-electron chi connectivity index (χ4n) is 1.95. The number of aryl methyl sites for hydroxylation is 1. The van der Waals surface area contributed by atoms with Crippen molar-refractivity contribution < 1.29 is 4.79 Å². The summed E-state index contributed by atoms with van der Waals surface area (Å²) in [5, 5.41) is 0. The minimum absolute atomic E-state index is 0.107. The highest BCUT2D eigenvalue weighted by molar-refractivity contribution is 5.82. The van der Waals surface area contributed by atoms with Gasteiger partial charge in [-0.15, -0.1) is 0 Å². The van der Waals surface area contributed by atoms with Crippen molar-refractivity contribution in [2.45, 2.75) is 19.8 Å². The van der Waals surface area contributed by atoms with Crippen molar-refractivity contribution in [3.05, 3.63) is 11.9 Å². The first kappa shape index (κ1) is 12.6. The van der Waals surface area contributed by atoms with E-state index in [0.717, 1.165) is 31.0 Å². The number of carbonyl (C=O) groups is 1. The molecule has 6 heteroatoms. The van der Waals surface area contributed by atoms with Gasteiger partial charge in [-0.25, -0.2) is 9.97 Å². The molecule has 0 radical (unpaired) electrons. The van der Waals surface area contributed by atoms with E-state index in [2.05, 4.69) is 16.9 Å². The number of anilines is 2. The van der Waals surface area contributed by atoms with E-state index in [1.165, 1.54) is 0 Å². The number of nitrogen functional groups attached to an aromatic ring is 1. The zero-order valence-electron chi connectivity index (χ0n) is 10.9. The van der Waals surface area contributed by atoms with E-state index in [9.17, 15) is 4.79 Å². The molecule has 0 aromatic carbocycles. The van der Waals surface area contributed by atoms with Gasteiger partial charge in [-0.05, 0) is 6.42 Å². The second kappa shape index (κ2) is 5.20. The SMILES string of the molecule is CCCc1nc(N)cc(N2CCN(C)C(=O)C2)n1. The normalized spacial score (nSPS) is 16.2. The molecule has 1 aromatic heterocycles. The molecular formula is C12H19N5O. The van der Waals surface area contributed by atoms with Crippen molar-refractivity contribution in [2.24, 2.45) is 0 Å². The first-order chi connectivity index (χ1) is 8.60. The quantitative estimate of drug-likeness (QED) is 0.833. The molecule has 98 valence electrons. The summed E-state index contributed by atoms with van der Waals surface area (Å²) in [6.45, 7) is 3.93. The van der Waals surface area contributed by atoms with Crippen LogP contribution in [0.15, 0.2) is 6.07 Å². The summed E-state index contributed by atoms with van der Waals surface area (Å²) in [5.74, 6) is 2.08. The summed E-state index contributed by atoms with van der Waals surface area (Å²) < 4.78 is 0. The minimum atomic E-state index is 0.107. The molecule has 0 unspecified atom stereocenters. The molecule has 18 heavy (non-hydrogen) atoms. The van der Waals surface area contributed by atoms with Crippen molar-refractivity contribution in [1.82, 2.24) is 14.9 Å². The Morgan fingerprint density at radius 2 is 2.17 bits per heavy atom. The minimum Gasteiger partial charge on any atom is -0.384 e. The van der Waals surface area contributed by atoms with Crippen LogP contribution in [0.1, 0.15) is 19.2 Å². The van der Waals surface area contributed by atoms with Crippen LogP contribution in [0.4, 0.5) is 11.6 Å². The monoisotopic (exact) mass is 249 g/mol. The number of nitrogens with two attached hydrogens (primary N) is 1. The highest BCUT2D eigenvalue weighted by atomic mass is 16.2. The Labute approximate surface area is 107 Å². The number of amides is 1. The van der Waals surface area contributed by atoms with Gasteiger partial charge in [-0.1, -0.05) is 6.92 Å². The van der Waals surface area contributed by atoms with Gasteiger partial charge in [0.05, 0.1) is 6.54 Å². The van der Waals surface area contributed by atoms with Crippen LogP contribution in [0.5, 0.6) is 0 Å². The van der Waals surface area contributed by atoms with Crippen molar-refractivity contribution in [2.75, 3.05) is 37.3 Å². The van der Waals surface area contributed by atoms with Crippen molar-refractivity contribution in [3.8, 4) is 0 Å². The van der Waals surface area contributed by atoms with Crippen LogP contribution in [-0.2, 0) is 11.2 Å². The third-order valence-electron chi connectivity index (χ3n) is 3.03. The van der Waals surface area contributed by atoms with Crippen LogP contribution in [-0.4, -0.2) is 47.5 Å². The maximum absolute atomic E-state index is 11.7. The number of piperazine rings is 1. The van der Waals surface area contributed by atoms with Gasteiger partial charge in [0.1, 0.15) is 17.5 Å². The number of likely N-dealkylation sites (N-methyl/N-ethyl adjacent to an activating group) is 1. The molecule has 0 aliphatic carbocycles. The Balaban J connectivity index is 2.19. The average molecular weight is 249 g/mol. The van der Waals surface area contributed by atoms with Gasteiger partial charge in [-0.2, -0.15) is 0 Å². The first-order valence-corrected chi connectivity index (χ1v) is 6.22. The Morgan fingerprint density at radius 3 is 2.83 bits per heavy atom. The van der Waals surface area contributed by atoms with Crippen molar-refractivity contribution in [3.63, 3.8) is 0 Å². The second-order valence-electron chi connectivity index (χ2n) is 4.55. The summed E-state index contributed by atoms with van der Waals surface area (Å²) >= 11 is 0. The molecule has 0 spiro atoms. The second-order valence-corrected chi connectivity index (χ2v) is 4.55. The summed E-state index contributed by atoms with van der Waals surface area (Å²) in [6.07, 6.45) is 1.78. The molecule has 1 fully saturated rings. The number of hydrogen-bond acceptors (Lipinski definition) is 5. The number of aromatic nitrogens is 2. The topological polar surface area (TPSA) is 75.3 Å². The number of carbonyl (C=O) groups excluding carboxylic acids is 1. The molecule has 1 amide bonds. The number of rotatable bonds is 3. The van der Waals surface area contributed by atoms with Gasteiger partial charge in [0, 0.05) is 32.6 Å². The van der Waals surface area contributed by atoms with Crippen LogP contribution in [0, 0.1) is 0 Å². The molecule has 1 saturated heterocycles. The molecule has 0 bridgehead atoms. The molecule has 0 atom stereocenters. The van der Waals surface area contributed by atoms with Gasteiger partial charge >= 0.3 is 0 Å². The standard InChI is InChI=1S/C12H19N5O/c1-3-4-10-14-9(13)7-11(15-10)17-6-5-16(2)12(18)8-17/h7H,3-6,8H2,1-2H3,(H2,13,14,15). The maximum atomic E-state index is 11.7. The third kappa shape index (κ3) is 2.69. The predicted molar refractivity (Wildman–Crippen MR) is 70.3 cm³/mol. The van der Waals surface area contributed by atoms with Crippen LogP contribution < -0.4 is 10.6 Å². The Morgan fingerprint density at radius 1 is 1.39 bits per heavy atom. The lowest BCUT2D eigenvalue weighted by Crippen LogP contribution is -2.48. The van der Waals surface area contributed by atoms with Crippen LogP contribution >= 0.6 is 0 Å². The van der Waals surface area contributed by atoms with Crippen LogP contribution in [0.2, 0.25) is 0 Å². The lowest BCUT2D eigenvalue weighted by Gasteiger charge is -2.32. The van der Waals surface area contributed by atoms with Crippen LogP contribution in [0.3, 0.4) is 0 Å². The molecule has 0 saturated carbocycles. The van der Waals surface area contributed by atoms with Gasteiger partial charge in [-0.3, -0.25) is 4.79 Å². The van der Waals surface area contributed by atoms with Gasteiger partial charge in [0.2, 0.25) is 5.91 Å². The van der Waals surface area contributed by atoms with Crippen molar-refractivity contribution >= 4 is 17.5 Å². The number of nitrogens with zero attached hydrogens (tertiary/aromatic N) is 4. The molecule has 1 aliphatic heterocycles. The Hall–Kier alpha value is -1.85. The average Bonchev–Trinajstić information content (AvgIpc) is 2.32. The van der Waals surface area contributed by atoms with Crippen LogP contribution in [0.25, 0.3) is 0 Å². The summed E-state index contributed by atoms with van der Waals surface area (Å²) in [7, 11) is 1.82. The first-order valence-electron chi connectivity index (χ1n) is 6.22. The zero-order valence-corrected chi connectivity index (χ0v) is 10.9. The van der Waals surface area contributed by atoms with E-state index in [0.29, 0.717) is 18.9 Å². The molecule has 6 nitrogen and oxygen atoms in total. The molecule has 2 heterocycles. The predicted octanol–water partition coefficient (Wildman–Crippen LogP) is 0.290. The number of hydrogen-bond donors (Lipinski definition) is 1. The van der Waals surface area contributed by atoms with E-state index in [1.54, 1.807) is 11.0 Å². The maximum Gasteiger partial charge on any atom is 0.241 e. The summed E-state index contributed by atoms with van der Waals surface area (Å²) in [5.41, 5.74) is 5.79. The fourth-order valence-corrected chi connectivity index (χ4v) is 1.95. The Bertz CT molecular complexity index is 448. The highest BCUT2D eigenvalue weighted by Crippen LogP contribution is 2.16. The van der Waals surface area contributed by atoms with E-state index in [4.69, 9.17) is 5.73 Å². The van der Waals surface area contributed by atoms with Gasteiger partial charge < -0.3 is 15.5 Å². The molecular weight excluding hydrogens is 230 g/mol. The lowest BCUT2D eigenvalue weighted by atomic mass is 10.3. The highest BCUT2D eigenvalue weighted by Gasteiger charge is 2.22. The summed E-state index contributed by atoms with van der Waals surface area (Å²) in [4.78, 5) is 24.0. The van der Waals surface area contributed by atoms with E-state index >= 15 is 0 Å². The molecule has 2 rings (SSSR count). The van der Waals surface area contributed by atoms with Crippen molar-refractivity contribution in [1.29, 1.82) is 0 Å². The van der Waals surface area contributed by atoms with Gasteiger partial charge in [0.25, 0.3) is 0 Å². The smallest absolute Gasteiger partial charge is 0.241 e. The third-order valence-corrected chi connectivity index (χ3v) is 3.03. The lowest BCUT2D eigenvalue weighted by molar-refractivity contribution is -0.129. The zero-order chi connectivity index (χ0) is 13.1. The molecule has 1 aromatic rings. The van der Waals surface area contributed by atoms with E-state index in [1.807, 2.05) is 11.9 Å². The summed E-state index contributed by atoms with van der Waals surface area (Å²) in [6, 6.07) is 1.73. The largest absolute Gasteiger partial charge is 0.384 e. The molecule has 2 N–H and O–H groups in total.